The van der Waals surface area contributed by atoms with Crippen molar-refractivity contribution in [2.75, 3.05) is 0 Å². The summed E-state index contributed by atoms with van der Waals surface area (Å²) in [6.07, 6.45) is 8.68. The number of hydrogen-bond acceptors (Lipinski definition) is 4. The number of carbonyl (C=O) groups excluding carboxylic acids is 1. The molecule has 1 amide bonds. The lowest BCUT2D eigenvalue weighted by Crippen LogP contribution is -2.41. The molecule has 120 valence electrons. The van der Waals surface area contributed by atoms with Crippen molar-refractivity contribution in [3.63, 3.8) is 0 Å². The standard InChI is InChI=1S/C18H17N5O/c24-18(22-15-6-7-16-19-8-9-23(16)12-15)14-10-20-17(21-11-14)13-4-2-1-3-5-13/h1-5,8-11,15H,6-7,12H2,(H,22,24)/t15-/m1/s1. The predicted molar refractivity (Wildman–Crippen MR) is 89.3 cm³/mol. The molecule has 0 spiro atoms. The number of aryl methyl sites for hydroxylation is 1. The van der Waals surface area contributed by atoms with Gasteiger partial charge in [0.15, 0.2) is 5.82 Å². The van der Waals surface area contributed by atoms with Gasteiger partial charge in [-0.3, -0.25) is 4.79 Å². The maximum atomic E-state index is 12.4. The van der Waals surface area contributed by atoms with Gasteiger partial charge in [0.05, 0.1) is 5.56 Å². The van der Waals surface area contributed by atoms with Crippen molar-refractivity contribution < 1.29 is 4.79 Å². The topological polar surface area (TPSA) is 72.7 Å². The first-order valence-electron chi connectivity index (χ1n) is 7.98. The molecule has 0 radical (unpaired) electrons. The van der Waals surface area contributed by atoms with Crippen molar-refractivity contribution in [1.29, 1.82) is 0 Å². The highest BCUT2D eigenvalue weighted by Crippen LogP contribution is 2.15. The number of carbonyl (C=O) groups is 1. The molecule has 4 rings (SSSR count). The van der Waals surface area contributed by atoms with Crippen LogP contribution in [-0.2, 0) is 13.0 Å². The van der Waals surface area contributed by atoms with Gasteiger partial charge in [0.1, 0.15) is 5.82 Å². The lowest BCUT2D eigenvalue weighted by Gasteiger charge is -2.24. The molecule has 24 heavy (non-hydrogen) atoms. The van der Waals surface area contributed by atoms with Gasteiger partial charge >= 0.3 is 0 Å². The lowest BCUT2D eigenvalue weighted by atomic mass is 10.1. The van der Waals surface area contributed by atoms with Crippen LogP contribution >= 0.6 is 0 Å². The molecule has 6 nitrogen and oxygen atoms in total. The summed E-state index contributed by atoms with van der Waals surface area (Å²) in [5.74, 6) is 1.56. The zero-order valence-electron chi connectivity index (χ0n) is 13.1. The fourth-order valence-electron chi connectivity index (χ4n) is 2.93. The minimum Gasteiger partial charge on any atom is -0.347 e. The van der Waals surface area contributed by atoms with Gasteiger partial charge in [-0.2, -0.15) is 0 Å². The van der Waals surface area contributed by atoms with E-state index in [-0.39, 0.29) is 11.9 Å². The molecule has 0 unspecified atom stereocenters. The minimum atomic E-state index is -0.136. The number of benzene rings is 1. The monoisotopic (exact) mass is 319 g/mol. The SMILES string of the molecule is O=C(N[C@@H]1CCc2nccn2C1)c1cnc(-c2ccccc2)nc1. The Morgan fingerprint density at radius 1 is 1.12 bits per heavy atom. The predicted octanol–water partition coefficient (Wildman–Crippen LogP) is 2.08. The summed E-state index contributed by atoms with van der Waals surface area (Å²) in [6.45, 7) is 0.754. The summed E-state index contributed by atoms with van der Waals surface area (Å²) in [5.41, 5.74) is 1.41. The minimum absolute atomic E-state index is 0.105. The number of hydrogen-bond donors (Lipinski definition) is 1. The van der Waals surface area contributed by atoms with Gasteiger partial charge in [0, 0.05) is 49.4 Å². The van der Waals surface area contributed by atoms with Crippen LogP contribution in [0.4, 0.5) is 0 Å². The van der Waals surface area contributed by atoms with Gasteiger partial charge in [0.2, 0.25) is 0 Å². The molecule has 1 N–H and O–H groups in total. The van der Waals surface area contributed by atoms with Crippen LogP contribution in [0.2, 0.25) is 0 Å². The van der Waals surface area contributed by atoms with Crippen LogP contribution in [0.5, 0.6) is 0 Å². The number of amides is 1. The van der Waals surface area contributed by atoms with Crippen LogP contribution in [-0.4, -0.2) is 31.5 Å². The number of rotatable bonds is 3. The molecule has 0 aliphatic carbocycles. The van der Waals surface area contributed by atoms with Crippen LogP contribution in [0, 0.1) is 0 Å². The van der Waals surface area contributed by atoms with Crippen LogP contribution in [0.15, 0.2) is 55.1 Å². The summed E-state index contributed by atoms with van der Waals surface area (Å²) in [7, 11) is 0. The van der Waals surface area contributed by atoms with Crippen LogP contribution in [0.1, 0.15) is 22.6 Å². The lowest BCUT2D eigenvalue weighted by molar-refractivity contribution is 0.0927. The molecule has 1 atom stereocenters. The third kappa shape index (κ3) is 2.90. The van der Waals surface area contributed by atoms with E-state index in [1.807, 2.05) is 36.5 Å². The van der Waals surface area contributed by atoms with Gasteiger partial charge in [-0.25, -0.2) is 15.0 Å². The van der Waals surface area contributed by atoms with E-state index < -0.39 is 0 Å². The largest absolute Gasteiger partial charge is 0.347 e. The molecule has 0 fully saturated rings. The molecule has 0 bridgehead atoms. The molecule has 1 aromatic carbocycles. The second-order valence-corrected chi connectivity index (χ2v) is 5.87. The quantitative estimate of drug-likeness (QED) is 0.802. The Morgan fingerprint density at radius 2 is 1.92 bits per heavy atom. The maximum absolute atomic E-state index is 12.4. The molecule has 0 saturated carbocycles. The second-order valence-electron chi connectivity index (χ2n) is 5.87. The smallest absolute Gasteiger partial charge is 0.254 e. The number of imidazole rings is 1. The Hall–Kier alpha value is -3.02. The first-order valence-corrected chi connectivity index (χ1v) is 7.98. The average molecular weight is 319 g/mol. The Labute approximate surface area is 139 Å². The molecule has 3 aromatic rings. The van der Waals surface area contributed by atoms with Gasteiger partial charge in [0.25, 0.3) is 5.91 Å². The summed E-state index contributed by atoms with van der Waals surface area (Å²) < 4.78 is 2.09. The van der Waals surface area contributed by atoms with E-state index in [9.17, 15) is 4.79 Å². The van der Waals surface area contributed by atoms with Crippen molar-refractivity contribution in [2.45, 2.75) is 25.4 Å². The van der Waals surface area contributed by atoms with E-state index in [0.717, 1.165) is 30.8 Å². The highest BCUT2D eigenvalue weighted by atomic mass is 16.1. The molecular formula is C18H17N5O. The molecule has 2 aromatic heterocycles. The molecule has 3 heterocycles. The zero-order valence-corrected chi connectivity index (χ0v) is 13.1. The van der Waals surface area contributed by atoms with E-state index in [1.54, 1.807) is 18.6 Å². The summed E-state index contributed by atoms with van der Waals surface area (Å²) >= 11 is 0. The fourth-order valence-corrected chi connectivity index (χ4v) is 2.93. The van der Waals surface area contributed by atoms with Crippen molar-refractivity contribution in [2.24, 2.45) is 0 Å². The van der Waals surface area contributed by atoms with Crippen molar-refractivity contribution in [3.05, 3.63) is 66.5 Å². The highest BCUT2D eigenvalue weighted by Gasteiger charge is 2.21. The molecule has 6 heteroatoms. The van der Waals surface area contributed by atoms with Crippen LogP contribution in [0.3, 0.4) is 0 Å². The Balaban J connectivity index is 1.44. The summed E-state index contributed by atoms with van der Waals surface area (Å²) in [4.78, 5) is 25.3. The molecule has 0 saturated heterocycles. The van der Waals surface area contributed by atoms with Crippen molar-refractivity contribution in [3.8, 4) is 11.4 Å². The maximum Gasteiger partial charge on any atom is 0.254 e. The third-order valence-electron chi connectivity index (χ3n) is 4.22. The van der Waals surface area contributed by atoms with Crippen LogP contribution < -0.4 is 5.32 Å². The van der Waals surface area contributed by atoms with E-state index >= 15 is 0 Å². The number of nitrogens with one attached hydrogen (secondary N) is 1. The summed E-state index contributed by atoms with van der Waals surface area (Å²) in [6, 6.07) is 9.81. The average Bonchev–Trinajstić information content (AvgIpc) is 3.10. The van der Waals surface area contributed by atoms with E-state index in [1.165, 1.54) is 0 Å². The van der Waals surface area contributed by atoms with Gasteiger partial charge in [-0.05, 0) is 6.42 Å². The summed E-state index contributed by atoms with van der Waals surface area (Å²) in [5, 5.41) is 3.06. The number of nitrogens with zero attached hydrogens (tertiary/aromatic N) is 4. The normalized spacial score (nSPS) is 16.4. The molecular weight excluding hydrogens is 302 g/mol. The zero-order chi connectivity index (χ0) is 16.4. The first kappa shape index (κ1) is 14.6. The van der Waals surface area contributed by atoms with Crippen molar-refractivity contribution >= 4 is 5.91 Å². The molecule has 1 aliphatic rings. The van der Waals surface area contributed by atoms with E-state index in [2.05, 4.69) is 24.8 Å². The van der Waals surface area contributed by atoms with Crippen LogP contribution in [0.25, 0.3) is 11.4 Å². The fraction of sp³-hybridized carbons (Fsp3) is 0.222. The van der Waals surface area contributed by atoms with E-state index in [0.29, 0.717) is 11.4 Å². The third-order valence-corrected chi connectivity index (χ3v) is 4.22. The van der Waals surface area contributed by atoms with Gasteiger partial charge < -0.3 is 9.88 Å². The number of aromatic nitrogens is 4. The van der Waals surface area contributed by atoms with Gasteiger partial charge in [-0.15, -0.1) is 0 Å². The highest BCUT2D eigenvalue weighted by molar-refractivity contribution is 5.93. The van der Waals surface area contributed by atoms with Crippen molar-refractivity contribution in [1.82, 2.24) is 24.8 Å². The Bertz CT molecular complexity index is 841. The van der Waals surface area contributed by atoms with E-state index in [4.69, 9.17) is 0 Å². The number of fused-ring (bicyclic) bond motifs is 1. The molecule has 1 aliphatic heterocycles. The van der Waals surface area contributed by atoms with Gasteiger partial charge in [-0.1, -0.05) is 30.3 Å². The Kier molecular flexibility index (Phi) is 3.78. The Morgan fingerprint density at radius 3 is 2.71 bits per heavy atom. The first-order chi connectivity index (χ1) is 11.8. The second kappa shape index (κ2) is 6.23.